The summed E-state index contributed by atoms with van der Waals surface area (Å²) in [4.78, 5) is 4.30. The molecule has 1 fully saturated rings. The molecule has 0 radical (unpaired) electrons. The van der Waals surface area contributed by atoms with Gasteiger partial charge in [-0.25, -0.2) is 9.67 Å². The molecule has 19 heavy (non-hydrogen) atoms. The number of nitrogens with one attached hydrogen (secondary N) is 1. The molecule has 100 valence electrons. The molecule has 0 bridgehead atoms. The summed E-state index contributed by atoms with van der Waals surface area (Å²) >= 11 is 9.59. The number of hydrogen-bond donors (Lipinski definition) is 1. The van der Waals surface area contributed by atoms with Crippen LogP contribution < -0.4 is 5.32 Å². The van der Waals surface area contributed by atoms with Crippen LogP contribution in [0.2, 0.25) is 5.02 Å². The molecular formula is C13H14BrClN4. The van der Waals surface area contributed by atoms with Crippen LogP contribution in [0.5, 0.6) is 0 Å². The van der Waals surface area contributed by atoms with Crippen LogP contribution in [0.3, 0.4) is 0 Å². The molecule has 4 nitrogen and oxygen atoms in total. The molecule has 1 saturated carbocycles. The Labute approximate surface area is 125 Å². The molecule has 6 heteroatoms. The standard InChI is InChI=1S/C13H14BrClN4/c14-10-2-1-9(12(15)5-10)7-19-8-17-13(18-19)6-16-11-3-4-11/h1-2,5,8,11,16H,3-4,6-7H2. The summed E-state index contributed by atoms with van der Waals surface area (Å²) in [6.07, 6.45) is 4.30. The van der Waals surface area contributed by atoms with Crippen molar-refractivity contribution < 1.29 is 0 Å². The molecule has 0 amide bonds. The highest BCUT2D eigenvalue weighted by Crippen LogP contribution is 2.22. The van der Waals surface area contributed by atoms with Gasteiger partial charge in [-0.15, -0.1) is 0 Å². The van der Waals surface area contributed by atoms with E-state index in [2.05, 4.69) is 31.3 Å². The number of aromatic nitrogens is 3. The molecule has 3 rings (SSSR count). The average Bonchev–Trinajstić information content (AvgIpc) is 3.10. The summed E-state index contributed by atoms with van der Waals surface area (Å²) in [5.41, 5.74) is 1.04. The molecule has 0 spiro atoms. The lowest BCUT2D eigenvalue weighted by atomic mass is 10.2. The van der Waals surface area contributed by atoms with Crippen LogP contribution in [0, 0.1) is 0 Å². The molecule has 0 saturated heterocycles. The Morgan fingerprint density at radius 2 is 2.26 bits per heavy atom. The SMILES string of the molecule is Clc1cc(Br)ccc1Cn1cnc(CNC2CC2)n1. The molecule has 2 aromatic rings. The van der Waals surface area contributed by atoms with Crippen molar-refractivity contribution in [2.45, 2.75) is 32.0 Å². The van der Waals surface area contributed by atoms with Crippen molar-refractivity contribution in [1.29, 1.82) is 0 Å². The number of nitrogens with zero attached hydrogens (tertiary/aromatic N) is 3. The first-order valence-corrected chi connectivity index (χ1v) is 7.43. The first kappa shape index (κ1) is 13.1. The second kappa shape index (κ2) is 5.61. The maximum atomic E-state index is 6.19. The van der Waals surface area contributed by atoms with Crippen molar-refractivity contribution in [3.63, 3.8) is 0 Å². The average molecular weight is 342 g/mol. The van der Waals surface area contributed by atoms with Gasteiger partial charge in [-0.2, -0.15) is 5.10 Å². The third-order valence-electron chi connectivity index (χ3n) is 3.06. The predicted molar refractivity (Wildman–Crippen MR) is 78.1 cm³/mol. The van der Waals surface area contributed by atoms with Gasteiger partial charge in [-0.3, -0.25) is 0 Å². The Morgan fingerprint density at radius 1 is 1.42 bits per heavy atom. The van der Waals surface area contributed by atoms with Gasteiger partial charge in [0.15, 0.2) is 5.82 Å². The molecule has 0 unspecified atom stereocenters. The van der Waals surface area contributed by atoms with Gasteiger partial charge >= 0.3 is 0 Å². The van der Waals surface area contributed by atoms with E-state index >= 15 is 0 Å². The Hall–Kier alpha value is -0.910. The molecule has 1 heterocycles. The molecule has 1 aromatic carbocycles. The number of rotatable bonds is 5. The molecule has 1 aromatic heterocycles. The highest BCUT2D eigenvalue weighted by molar-refractivity contribution is 9.10. The minimum atomic E-state index is 0.641. The van der Waals surface area contributed by atoms with Gasteiger partial charge in [-0.1, -0.05) is 33.6 Å². The van der Waals surface area contributed by atoms with Crippen molar-refractivity contribution in [1.82, 2.24) is 20.1 Å². The lowest BCUT2D eigenvalue weighted by Crippen LogP contribution is -2.16. The first-order chi connectivity index (χ1) is 9.20. The summed E-state index contributed by atoms with van der Waals surface area (Å²) in [6, 6.07) is 6.54. The normalized spacial score (nSPS) is 14.8. The van der Waals surface area contributed by atoms with Crippen LogP contribution in [0.1, 0.15) is 24.2 Å². The van der Waals surface area contributed by atoms with Gasteiger partial charge in [0, 0.05) is 15.5 Å². The second-order valence-electron chi connectivity index (χ2n) is 4.75. The zero-order chi connectivity index (χ0) is 13.2. The quantitative estimate of drug-likeness (QED) is 0.909. The summed E-state index contributed by atoms with van der Waals surface area (Å²) in [7, 11) is 0. The fourth-order valence-corrected chi connectivity index (χ4v) is 2.57. The monoisotopic (exact) mass is 340 g/mol. The van der Waals surface area contributed by atoms with Crippen molar-refractivity contribution in [2.75, 3.05) is 0 Å². The van der Waals surface area contributed by atoms with Crippen molar-refractivity contribution >= 4 is 27.5 Å². The summed E-state index contributed by atoms with van der Waals surface area (Å²) in [6.45, 7) is 1.38. The predicted octanol–water partition coefficient (Wildman–Crippen LogP) is 2.99. The molecule has 0 aliphatic heterocycles. The zero-order valence-electron chi connectivity index (χ0n) is 10.3. The summed E-state index contributed by atoms with van der Waals surface area (Å²) < 4.78 is 2.80. The van der Waals surface area contributed by atoms with Crippen LogP contribution in [-0.4, -0.2) is 20.8 Å². The second-order valence-corrected chi connectivity index (χ2v) is 6.07. The maximum absolute atomic E-state index is 6.19. The van der Waals surface area contributed by atoms with Crippen LogP contribution in [-0.2, 0) is 13.1 Å². The largest absolute Gasteiger partial charge is 0.307 e. The third-order valence-corrected chi connectivity index (χ3v) is 3.90. The van der Waals surface area contributed by atoms with E-state index in [1.54, 1.807) is 6.33 Å². The minimum absolute atomic E-state index is 0.641. The van der Waals surface area contributed by atoms with Gasteiger partial charge in [0.25, 0.3) is 0 Å². The van der Waals surface area contributed by atoms with E-state index in [0.717, 1.165) is 27.4 Å². The number of halogens is 2. The summed E-state index contributed by atoms with van der Waals surface area (Å²) in [5, 5.41) is 8.58. The van der Waals surface area contributed by atoms with E-state index in [9.17, 15) is 0 Å². The van der Waals surface area contributed by atoms with Crippen LogP contribution in [0.15, 0.2) is 29.0 Å². The highest BCUT2D eigenvalue weighted by Gasteiger charge is 2.20. The minimum Gasteiger partial charge on any atom is -0.307 e. The van der Waals surface area contributed by atoms with E-state index in [4.69, 9.17) is 11.6 Å². The van der Waals surface area contributed by atoms with E-state index < -0.39 is 0 Å². The topological polar surface area (TPSA) is 42.7 Å². The fourth-order valence-electron chi connectivity index (χ4n) is 1.84. The molecular weight excluding hydrogens is 328 g/mol. The number of hydrogen-bond acceptors (Lipinski definition) is 3. The lowest BCUT2D eigenvalue weighted by molar-refractivity contribution is 0.628. The van der Waals surface area contributed by atoms with E-state index in [1.165, 1.54) is 12.8 Å². The van der Waals surface area contributed by atoms with Gasteiger partial charge < -0.3 is 5.32 Å². The van der Waals surface area contributed by atoms with Crippen LogP contribution >= 0.6 is 27.5 Å². The van der Waals surface area contributed by atoms with E-state index in [-0.39, 0.29) is 0 Å². The molecule has 0 atom stereocenters. The van der Waals surface area contributed by atoms with Crippen molar-refractivity contribution in [3.05, 3.63) is 45.4 Å². The Bertz CT molecular complexity index is 580. The summed E-state index contributed by atoms with van der Waals surface area (Å²) in [5.74, 6) is 0.833. The smallest absolute Gasteiger partial charge is 0.164 e. The lowest BCUT2D eigenvalue weighted by Gasteiger charge is -2.04. The third kappa shape index (κ3) is 3.55. The maximum Gasteiger partial charge on any atom is 0.164 e. The van der Waals surface area contributed by atoms with E-state index in [0.29, 0.717) is 12.6 Å². The van der Waals surface area contributed by atoms with Gasteiger partial charge in [0.1, 0.15) is 6.33 Å². The zero-order valence-corrected chi connectivity index (χ0v) is 12.7. The van der Waals surface area contributed by atoms with Gasteiger partial charge in [0.05, 0.1) is 13.1 Å². The Balaban J connectivity index is 1.65. The molecule has 1 N–H and O–H groups in total. The van der Waals surface area contributed by atoms with Crippen molar-refractivity contribution in [2.24, 2.45) is 0 Å². The Kier molecular flexibility index (Phi) is 3.86. The Morgan fingerprint density at radius 3 is 3.00 bits per heavy atom. The van der Waals surface area contributed by atoms with Crippen LogP contribution in [0.4, 0.5) is 0 Å². The fraction of sp³-hybridized carbons (Fsp3) is 0.385. The van der Waals surface area contributed by atoms with E-state index in [1.807, 2.05) is 22.9 Å². The first-order valence-electron chi connectivity index (χ1n) is 6.26. The van der Waals surface area contributed by atoms with Crippen molar-refractivity contribution in [3.8, 4) is 0 Å². The van der Waals surface area contributed by atoms with Gasteiger partial charge in [0.2, 0.25) is 0 Å². The van der Waals surface area contributed by atoms with Crippen LogP contribution in [0.25, 0.3) is 0 Å². The molecule has 1 aliphatic rings. The number of benzene rings is 1. The highest BCUT2D eigenvalue weighted by atomic mass is 79.9. The molecule has 1 aliphatic carbocycles. The van der Waals surface area contributed by atoms with Gasteiger partial charge in [-0.05, 0) is 30.5 Å².